The van der Waals surface area contributed by atoms with Gasteiger partial charge in [0, 0.05) is 45.7 Å². The van der Waals surface area contributed by atoms with E-state index in [1.54, 1.807) is 0 Å². The quantitative estimate of drug-likeness (QED) is 0.869. The number of hydrogen-bond acceptors (Lipinski definition) is 4. The van der Waals surface area contributed by atoms with Crippen LogP contribution in [-0.2, 0) is 9.53 Å². The van der Waals surface area contributed by atoms with Gasteiger partial charge in [-0.25, -0.2) is 0 Å². The summed E-state index contributed by atoms with van der Waals surface area (Å²) in [5.41, 5.74) is 8.08. The number of amides is 1. The predicted octanol–water partition coefficient (Wildman–Crippen LogP) is 2.85. The Balaban J connectivity index is 0.00000243. The van der Waals surface area contributed by atoms with E-state index in [4.69, 9.17) is 15.2 Å². The second-order valence-electron chi connectivity index (χ2n) is 7.45. The van der Waals surface area contributed by atoms with Crippen LogP contribution in [0.3, 0.4) is 0 Å². The van der Waals surface area contributed by atoms with Crippen molar-refractivity contribution >= 4 is 18.3 Å². The van der Waals surface area contributed by atoms with E-state index < -0.39 is 5.41 Å². The first-order valence-corrected chi connectivity index (χ1v) is 9.35. The fraction of sp³-hybridized carbons (Fsp3) is 0.650. The molecule has 0 unspecified atom stereocenters. The molecule has 0 atom stereocenters. The first kappa shape index (κ1) is 21.0. The highest BCUT2D eigenvalue weighted by Gasteiger charge is 2.42. The van der Waals surface area contributed by atoms with Gasteiger partial charge in [0.25, 0.3) is 0 Å². The fourth-order valence-corrected chi connectivity index (χ4v) is 3.76. The minimum atomic E-state index is -0.417. The molecule has 146 valence electrons. The molecule has 6 heteroatoms. The summed E-state index contributed by atoms with van der Waals surface area (Å²) in [6.45, 7) is 7.38. The van der Waals surface area contributed by atoms with Crippen LogP contribution in [-0.4, -0.2) is 49.8 Å². The second-order valence-corrected chi connectivity index (χ2v) is 7.45. The van der Waals surface area contributed by atoms with Gasteiger partial charge in [0.1, 0.15) is 11.9 Å². The van der Waals surface area contributed by atoms with Crippen molar-refractivity contribution in [2.24, 2.45) is 11.1 Å². The number of aryl methyl sites for hydroxylation is 2. The molecule has 5 nitrogen and oxygen atoms in total. The molecule has 1 aromatic carbocycles. The van der Waals surface area contributed by atoms with Crippen molar-refractivity contribution in [3.05, 3.63) is 29.3 Å². The Bertz CT molecular complexity index is 609. The van der Waals surface area contributed by atoms with Gasteiger partial charge in [0.2, 0.25) is 5.91 Å². The normalized spacial score (nSPS) is 20.3. The third kappa shape index (κ3) is 4.51. The van der Waals surface area contributed by atoms with Crippen molar-refractivity contribution in [3.8, 4) is 5.75 Å². The topological polar surface area (TPSA) is 64.8 Å². The van der Waals surface area contributed by atoms with Crippen molar-refractivity contribution in [1.29, 1.82) is 0 Å². The van der Waals surface area contributed by atoms with Crippen molar-refractivity contribution in [2.45, 2.75) is 45.6 Å². The second kappa shape index (κ2) is 9.07. The molecule has 2 fully saturated rings. The lowest BCUT2D eigenvalue weighted by Crippen LogP contribution is -2.53. The molecule has 3 rings (SSSR count). The monoisotopic (exact) mass is 382 g/mol. The Morgan fingerprint density at radius 1 is 1.23 bits per heavy atom. The van der Waals surface area contributed by atoms with E-state index in [2.05, 4.69) is 26.0 Å². The summed E-state index contributed by atoms with van der Waals surface area (Å²) < 4.78 is 11.6. The van der Waals surface area contributed by atoms with Crippen molar-refractivity contribution in [2.75, 3.05) is 32.8 Å². The highest BCUT2D eigenvalue weighted by Crippen LogP contribution is 2.33. The van der Waals surface area contributed by atoms with Crippen LogP contribution in [0.25, 0.3) is 0 Å². The van der Waals surface area contributed by atoms with Gasteiger partial charge in [-0.05, 0) is 49.9 Å². The Kier molecular flexibility index (Phi) is 7.33. The van der Waals surface area contributed by atoms with E-state index in [1.165, 1.54) is 11.1 Å². The number of carbonyl (C=O) groups excluding carboxylic acids is 1. The van der Waals surface area contributed by atoms with Crippen LogP contribution in [0.5, 0.6) is 5.75 Å². The average molecular weight is 383 g/mol. The number of likely N-dealkylation sites (tertiary alicyclic amines) is 1. The lowest BCUT2D eigenvalue weighted by molar-refractivity contribution is -0.149. The number of carbonyl (C=O) groups is 1. The summed E-state index contributed by atoms with van der Waals surface area (Å²) in [6.07, 6.45) is 3.39. The van der Waals surface area contributed by atoms with E-state index in [0.29, 0.717) is 19.8 Å². The number of piperidine rings is 1. The molecule has 2 heterocycles. The maximum atomic E-state index is 13.0. The molecular formula is C20H31ClN2O3. The van der Waals surface area contributed by atoms with E-state index in [-0.39, 0.29) is 24.4 Å². The van der Waals surface area contributed by atoms with Crippen LogP contribution in [0, 0.1) is 19.3 Å². The third-order valence-electron chi connectivity index (χ3n) is 5.80. The first-order valence-electron chi connectivity index (χ1n) is 9.35. The number of ether oxygens (including phenoxy) is 2. The molecule has 1 aromatic rings. The SMILES string of the molecule is Cc1ccc(OC2CCN(C(=O)C3(CN)CCOCC3)CC2)cc1C.Cl. The lowest BCUT2D eigenvalue weighted by Gasteiger charge is -2.41. The van der Waals surface area contributed by atoms with Gasteiger partial charge in [-0.1, -0.05) is 6.07 Å². The standard InChI is InChI=1S/C20H30N2O3.ClH/c1-15-3-4-18(13-16(15)2)25-17-5-9-22(10-6-17)19(23)20(14-21)7-11-24-12-8-20;/h3-4,13,17H,5-12,14,21H2,1-2H3;1H. The van der Waals surface area contributed by atoms with Crippen molar-refractivity contribution in [1.82, 2.24) is 4.90 Å². The van der Waals surface area contributed by atoms with Gasteiger partial charge in [-0.15, -0.1) is 12.4 Å². The molecule has 2 aliphatic heterocycles. The smallest absolute Gasteiger partial charge is 0.230 e. The summed E-state index contributed by atoms with van der Waals surface area (Å²) in [7, 11) is 0. The lowest BCUT2D eigenvalue weighted by atomic mass is 9.78. The zero-order valence-corrected chi connectivity index (χ0v) is 16.6. The highest BCUT2D eigenvalue weighted by molar-refractivity contribution is 5.85. The molecular weight excluding hydrogens is 352 g/mol. The first-order chi connectivity index (χ1) is 12.0. The maximum Gasteiger partial charge on any atom is 0.230 e. The van der Waals surface area contributed by atoms with Gasteiger partial charge in [0.05, 0.1) is 5.41 Å². The minimum Gasteiger partial charge on any atom is -0.490 e. The number of halogens is 1. The summed E-state index contributed by atoms with van der Waals surface area (Å²) in [6, 6.07) is 6.23. The number of rotatable bonds is 4. The summed E-state index contributed by atoms with van der Waals surface area (Å²) in [5.74, 6) is 1.14. The Morgan fingerprint density at radius 3 is 2.46 bits per heavy atom. The van der Waals surface area contributed by atoms with Crippen LogP contribution in [0.1, 0.15) is 36.8 Å². The van der Waals surface area contributed by atoms with Crippen LogP contribution in [0.2, 0.25) is 0 Å². The van der Waals surface area contributed by atoms with Crippen LogP contribution >= 0.6 is 12.4 Å². The van der Waals surface area contributed by atoms with Crippen LogP contribution < -0.4 is 10.5 Å². The third-order valence-corrected chi connectivity index (χ3v) is 5.80. The molecule has 2 aliphatic rings. The minimum absolute atomic E-state index is 0. The van der Waals surface area contributed by atoms with E-state index in [9.17, 15) is 4.79 Å². The van der Waals surface area contributed by atoms with Gasteiger partial charge in [-0.3, -0.25) is 4.79 Å². The molecule has 0 aliphatic carbocycles. The molecule has 0 bridgehead atoms. The molecule has 0 saturated carbocycles. The summed E-state index contributed by atoms with van der Waals surface area (Å²) in [4.78, 5) is 15.0. The van der Waals surface area contributed by atoms with Gasteiger partial charge >= 0.3 is 0 Å². The Hall–Kier alpha value is -1.30. The van der Waals surface area contributed by atoms with E-state index in [1.807, 2.05) is 11.0 Å². The summed E-state index contributed by atoms with van der Waals surface area (Å²) >= 11 is 0. The summed E-state index contributed by atoms with van der Waals surface area (Å²) in [5, 5.41) is 0. The van der Waals surface area contributed by atoms with Gasteiger partial charge < -0.3 is 20.1 Å². The van der Waals surface area contributed by atoms with Crippen molar-refractivity contribution in [3.63, 3.8) is 0 Å². The molecule has 2 N–H and O–H groups in total. The molecule has 0 radical (unpaired) electrons. The average Bonchev–Trinajstić information content (AvgIpc) is 2.65. The Morgan fingerprint density at radius 2 is 1.88 bits per heavy atom. The molecule has 1 amide bonds. The molecule has 26 heavy (non-hydrogen) atoms. The highest BCUT2D eigenvalue weighted by atomic mass is 35.5. The number of hydrogen-bond donors (Lipinski definition) is 1. The number of benzene rings is 1. The van der Waals surface area contributed by atoms with Crippen LogP contribution in [0.15, 0.2) is 18.2 Å². The fourth-order valence-electron chi connectivity index (χ4n) is 3.76. The molecule has 2 saturated heterocycles. The largest absolute Gasteiger partial charge is 0.490 e. The maximum absolute atomic E-state index is 13.0. The predicted molar refractivity (Wildman–Crippen MR) is 105 cm³/mol. The van der Waals surface area contributed by atoms with Gasteiger partial charge in [0.15, 0.2) is 0 Å². The molecule has 0 spiro atoms. The Labute approximate surface area is 162 Å². The van der Waals surface area contributed by atoms with Crippen molar-refractivity contribution < 1.29 is 14.3 Å². The number of nitrogens with two attached hydrogens (primary N) is 1. The van der Waals surface area contributed by atoms with Gasteiger partial charge in [-0.2, -0.15) is 0 Å². The van der Waals surface area contributed by atoms with E-state index in [0.717, 1.165) is 44.5 Å². The zero-order valence-electron chi connectivity index (χ0n) is 15.8. The van der Waals surface area contributed by atoms with E-state index >= 15 is 0 Å². The zero-order chi connectivity index (χ0) is 17.9. The number of nitrogens with zero attached hydrogens (tertiary/aromatic N) is 1. The van der Waals surface area contributed by atoms with Crippen LogP contribution in [0.4, 0.5) is 0 Å². The molecule has 0 aromatic heterocycles.